The average molecular weight is 299 g/mol. The first kappa shape index (κ1) is 14.2. The molecule has 7 heteroatoms. The lowest BCUT2D eigenvalue weighted by atomic mass is 10.1. The average Bonchev–Trinajstić information content (AvgIpc) is 3.06. The molecule has 0 radical (unpaired) electrons. The number of rotatable bonds is 3. The van der Waals surface area contributed by atoms with E-state index in [0.717, 1.165) is 11.3 Å². The number of H-pyrrole nitrogens is 1. The van der Waals surface area contributed by atoms with Crippen LogP contribution in [0.5, 0.6) is 0 Å². The summed E-state index contributed by atoms with van der Waals surface area (Å²) in [5.74, 6) is 0.188. The first-order valence-electron chi connectivity index (χ1n) is 7.10. The Morgan fingerprint density at radius 2 is 2.05 bits per heavy atom. The Bertz CT molecular complexity index is 707. The zero-order chi connectivity index (χ0) is 15.7. The molecule has 2 aromatic rings. The Morgan fingerprint density at radius 1 is 1.32 bits per heavy atom. The van der Waals surface area contributed by atoms with Gasteiger partial charge < -0.3 is 4.90 Å². The standard InChI is InChI=1S/C15H17N5O2/c1-9-3-5-12(6-4-9)20-8-11(7-13(20)21)14(22)17-15-16-10(2)18-19-15/h3-6,11H,7-8H2,1-2H3,(H2,16,17,18,19,22). The lowest BCUT2D eigenvalue weighted by Gasteiger charge is -2.16. The number of hydrogen-bond donors (Lipinski definition) is 2. The zero-order valence-electron chi connectivity index (χ0n) is 12.5. The minimum Gasteiger partial charge on any atom is -0.312 e. The van der Waals surface area contributed by atoms with Gasteiger partial charge in [0.2, 0.25) is 17.8 Å². The fourth-order valence-electron chi connectivity index (χ4n) is 2.47. The summed E-state index contributed by atoms with van der Waals surface area (Å²) in [6.45, 7) is 4.11. The quantitative estimate of drug-likeness (QED) is 0.896. The van der Waals surface area contributed by atoms with Crippen LogP contribution in [0.4, 0.5) is 11.6 Å². The van der Waals surface area contributed by atoms with Gasteiger partial charge in [0.25, 0.3) is 0 Å². The maximum atomic E-state index is 12.2. The summed E-state index contributed by atoms with van der Waals surface area (Å²) in [5, 5.41) is 9.16. The molecule has 1 saturated heterocycles. The molecule has 2 N–H and O–H groups in total. The first-order chi connectivity index (χ1) is 10.5. The third-order valence-corrected chi connectivity index (χ3v) is 3.67. The van der Waals surface area contributed by atoms with Crippen molar-refractivity contribution >= 4 is 23.5 Å². The Labute approximate surface area is 127 Å². The second-order valence-electron chi connectivity index (χ2n) is 5.47. The highest BCUT2D eigenvalue weighted by Gasteiger charge is 2.35. The summed E-state index contributed by atoms with van der Waals surface area (Å²) in [5.41, 5.74) is 1.95. The molecule has 1 atom stereocenters. The molecule has 2 heterocycles. The van der Waals surface area contributed by atoms with Crippen LogP contribution in [0.1, 0.15) is 17.8 Å². The molecule has 7 nitrogen and oxygen atoms in total. The third kappa shape index (κ3) is 2.83. The molecular formula is C15H17N5O2. The summed E-state index contributed by atoms with van der Waals surface area (Å²) in [7, 11) is 0. The predicted octanol–water partition coefficient (Wildman–Crippen LogP) is 1.41. The number of benzene rings is 1. The maximum Gasteiger partial charge on any atom is 0.248 e. The number of nitrogens with one attached hydrogen (secondary N) is 2. The van der Waals surface area contributed by atoms with E-state index in [0.29, 0.717) is 12.4 Å². The highest BCUT2D eigenvalue weighted by atomic mass is 16.2. The normalized spacial score (nSPS) is 17.8. The van der Waals surface area contributed by atoms with Crippen LogP contribution >= 0.6 is 0 Å². The zero-order valence-corrected chi connectivity index (χ0v) is 12.5. The van der Waals surface area contributed by atoms with Gasteiger partial charge in [0, 0.05) is 18.7 Å². The number of aromatic nitrogens is 3. The number of carbonyl (C=O) groups excluding carboxylic acids is 2. The maximum absolute atomic E-state index is 12.2. The second kappa shape index (κ2) is 5.59. The number of hydrogen-bond acceptors (Lipinski definition) is 4. The Balaban J connectivity index is 1.68. The third-order valence-electron chi connectivity index (χ3n) is 3.67. The minimum absolute atomic E-state index is 0.0461. The number of aryl methyl sites for hydroxylation is 2. The van der Waals surface area contributed by atoms with Crippen molar-refractivity contribution < 1.29 is 9.59 Å². The van der Waals surface area contributed by atoms with Gasteiger partial charge >= 0.3 is 0 Å². The molecule has 1 unspecified atom stereocenters. The van der Waals surface area contributed by atoms with E-state index in [1.807, 2.05) is 31.2 Å². The molecule has 0 bridgehead atoms. The van der Waals surface area contributed by atoms with Gasteiger partial charge in [-0.3, -0.25) is 20.0 Å². The van der Waals surface area contributed by atoms with Crippen molar-refractivity contribution in [2.75, 3.05) is 16.8 Å². The Morgan fingerprint density at radius 3 is 2.68 bits per heavy atom. The molecule has 1 aromatic heterocycles. The van der Waals surface area contributed by atoms with Crippen LogP contribution in [0, 0.1) is 19.8 Å². The topological polar surface area (TPSA) is 91.0 Å². The molecule has 1 aromatic carbocycles. The van der Waals surface area contributed by atoms with Crippen LogP contribution in [0.25, 0.3) is 0 Å². The lowest BCUT2D eigenvalue weighted by molar-refractivity contribution is -0.122. The molecular weight excluding hydrogens is 282 g/mol. The molecule has 2 amide bonds. The summed E-state index contributed by atoms with van der Waals surface area (Å²) < 4.78 is 0. The molecule has 22 heavy (non-hydrogen) atoms. The van der Waals surface area contributed by atoms with Gasteiger partial charge in [0.15, 0.2) is 0 Å². The molecule has 114 valence electrons. The molecule has 1 aliphatic rings. The van der Waals surface area contributed by atoms with Crippen molar-refractivity contribution in [3.63, 3.8) is 0 Å². The number of aromatic amines is 1. The van der Waals surface area contributed by atoms with E-state index in [9.17, 15) is 9.59 Å². The van der Waals surface area contributed by atoms with Gasteiger partial charge in [-0.25, -0.2) is 0 Å². The van der Waals surface area contributed by atoms with E-state index in [1.54, 1.807) is 11.8 Å². The van der Waals surface area contributed by atoms with Crippen LogP contribution < -0.4 is 10.2 Å². The first-order valence-corrected chi connectivity index (χ1v) is 7.10. The second-order valence-corrected chi connectivity index (χ2v) is 5.47. The van der Waals surface area contributed by atoms with Crippen LogP contribution in [-0.2, 0) is 9.59 Å². The fourth-order valence-corrected chi connectivity index (χ4v) is 2.47. The Kier molecular flexibility index (Phi) is 3.62. The molecule has 0 spiro atoms. The van der Waals surface area contributed by atoms with E-state index < -0.39 is 5.92 Å². The van der Waals surface area contributed by atoms with Crippen LogP contribution in [0.3, 0.4) is 0 Å². The lowest BCUT2D eigenvalue weighted by Crippen LogP contribution is -2.28. The van der Waals surface area contributed by atoms with Crippen molar-refractivity contribution in [2.45, 2.75) is 20.3 Å². The van der Waals surface area contributed by atoms with Gasteiger partial charge in [-0.15, -0.1) is 5.10 Å². The summed E-state index contributed by atoms with van der Waals surface area (Å²) in [6, 6.07) is 7.69. The van der Waals surface area contributed by atoms with Crippen molar-refractivity contribution in [3.8, 4) is 0 Å². The summed E-state index contributed by atoms with van der Waals surface area (Å²) in [6.07, 6.45) is 0.198. The smallest absolute Gasteiger partial charge is 0.248 e. The van der Waals surface area contributed by atoms with Gasteiger partial charge in [0.05, 0.1) is 5.92 Å². The number of amides is 2. The van der Waals surface area contributed by atoms with E-state index in [4.69, 9.17) is 0 Å². The summed E-state index contributed by atoms with van der Waals surface area (Å²) in [4.78, 5) is 30.0. The summed E-state index contributed by atoms with van der Waals surface area (Å²) >= 11 is 0. The molecule has 1 fully saturated rings. The van der Waals surface area contributed by atoms with Crippen molar-refractivity contribution in [1.29, 1.82) is 0 Å². The monoisotopic (exact) mass is 299 g/mol. The van der Waals surface area contributed by atoms with E-state index >= 15 is 0 Å². The van der Waals surface area contributed by atoms with Gasteiger partial charge in [0.1, 0.15) is 5.82 Å². The van der Waals surface area contributed by atoms with Crippen LogP contribution in [0.15, 0.2) is 24.3 Å². The Hall–Kier alpha value is -2.70. The molecule has 3 rings (SSSR count). The van der Waals surface area contributed by atoms with Gasteiger partial charge in [-0.05, 0) is 26.0 Å². The van der Waals surface area contributed by atoms with Crippen LogP contribution in [0.2, 0.25) is 0 Å². The fraction of sp³-hybridized carbons (Fsp3) is 0.333. The van der Waals surface area contributed by atoms with E-state index in [1.165, 1.54) is 0 Å². The van der Waals surface area contributed by atoms with E-state index in [2.05, 4.69) is 20.5 Å². The minimum atomic E-state index is -0.396. The van der Waals surface area contributed by atoms with Crippen molar-refractivity contribution in [2.24, 2.45) is 5.92 Å². The number of anilines is 2. The van der Waals surface area contributed by atoms with Crippen molar-refractivity contribution in [1.82, 2.24) is 15.2 Å². The van der Waals surface area contributed by atoms with Gasteiger partial charge in [-0.2, -0.15) is 4.98 Å². The number of carbonyl (C=O) groups is 2. The largest absolute Gasteiger partial charge is 0.312 e. The van der Waals surface area contributed by atoms with E-state index in [-0.39, 0.29) is 24.2 Å². The molecule has 1 aliphatic heterocycles. The molecule has 0 saturated carbocycles. The number of nitrogens with zero attached hydrogens (tertiary/aromatic N) is 3. The van der Waals surface area contributed by atoms with Gasteiger partial charge in [-0.1, -0.05) is 17.7 Å². The van der Waals surface area contributed by atoms with Crippen molar-refractivity contribution in [3.05, 3.63) is 35.7 Å². The highest BCUT2D eigenvalue weighted by Crippen LogP contribution is 2.26. The SMILES string of the molecule is Cc1ccc(N2CC(C(=O)Nc3n[nH]c(C)n3)CC2=O)cc1. The molecule has 0 aliphatic carbocycles. The van der Waals surface area contributed by atoms with Crippen LogP contribution in [-0.4, -0.2) is 33.5 Å². The predicted molar refractivity (Wildman–Crippen MR) is 81.4 cm³/mol. The highest BCUT2D eigenvalue weighted by molar-refractivity contribution is 6.03.